The minimum Gasteiger partial charge on any atom is -0.339 e. The van der Waals surface area contributed by atoms with Crippen LogP contribution in [0, 0.1) is 5.41 Å². The molecular formula is C14H18ClN3OS. The molecule has 1 spiro atoms. The zero-order valence-corrected chi connectivity index (χ0v) is 12.8. The fourth-order valence-corrected chi connectivity index (χ4v) is 3.93. The lowest BCUT2D eigenvalue weighted by molar-refractivity contribution is 0.310. The van der Waals surface area contributed by atoms with E-state index in [1.165, 1.54) is 24.1 Å². The molecule has 1 saturated heterocycles. The molecule has 4 nitrogen and oxygen atoms in total. The molecule has 1 atom stereocenters. The van der Waals surface area contributed by atoms with E-state index in [1.807, 2.05) is 0 Å². The van der Waals surface area contributed by atoms with Crippen molar-refractivity contribution in [1.29, 1.82) is 0 Å². The number of aromatic nitrogens is 2. The van der Waals surface area contributed by atoms with Gasteiger partial charge in [-0.05, 0) is 49.2 Å². The second-order valence-electron chi connectivity index (χ2n) is 5.67. The van der Waals surface area contributed by atoms with Crippen LogP contribution in [0.15, 0.2) is 22.0 Å². The van der Waals surface area contributed by atoms with Crippen LogP contribution in [0.5, 0.6) is 0 Å². The molecule has 20 heavy (non-hydrogen) atoms. The molecule has 2 aromatic rings. The topological polar surface area (TPSA) is 51.0 Å². The third-order valence-electron chi connectivity index (χ3n) is 4.48. The summed E-state index contributed by atoms with van der Waals surface area (Å²) in [7, 11) is 0. The van der Waals surface area contributed by atoms with Crippen molar-refractivity contribution in [3.05, 3.63) is 34.1 Å². The van der Waals surface area contributed by atoms with Crippen LogP contribution >= 0.6 is 23.7 Å². The first-order chi connectivity index (χ1) is 9.36. The standard InChI is InChI=1S/C14H17N3OS.ClH/c1-2-10(19-7-1)8-12-16-13(18-17-12)11-9-14(11)3-5-15-6-4-14;/h1-2,7,11,15H,3-6,8-9H2;1H. The molecule has 0 radical (unpaired) electrons. The van der Waals surface area contributed by atoms with Crippen molar-refractivity contribution in [1.82, 2.24) is 15.5 Å². The molecule has 4 rings (SSSR count). The maximum Gasteiger partial charge on any atom is 0.230 e. The lowest BCUT2D eigenvalue weighted by atomic mass is 9.92. The van der Waals surface area contributed by atoms with Gasteiger partial charge in [0.1, 0.15) is 0 Å². The zero-order chi connectivity index (χ0) is 12.7. The molecule has 3 heterocycles. The van der Waals surface area contributed by atoms with Crippen molar-refractivity contribution in [2.24, 2.45) is 5.41 Å². The summed E-state index contributed by atoms with van der Waals surface area (Å²) in [5.74, 6) is 2.21. The van der Waals surface area contributed by atoms with Crippen LogP contribution in [0.2, 0.25) is 0 Å². The minimum atomic E-state index is 0. The Morgan fingerprint density at radius 3 is 3.00 bits per heavy atom. The molecule has 2 aliphatic rings. The van der Waals surface area contributed by atoms with Crippen molar-refractivity contribution in [2.75, 3.05) is 13.1 Å². The second-order valence-corrected chi connectivity index (χ2v) is 6.71. The fourth-order valence-electron chi connectivity index (χ4n) is 3.22. The van der Waals surface area contributed by atoms with Crippen LogP contribution in [0.1, 0.15) is 41.8 Å². The third-order valence-corrected chi connectivity index (χ3v) is 5.36. The minimum absolute atomic E-state index is 0. The summed E-state index contributed by atoms with van der Waals surface area (Å²) in [6, 6.07) is 4.18. The SMILES string of the molecule is Cl.c1csc(Cc2noc(C3CC34CCNCC4)n2)c1. The maximum absolute atomic E-state index is 5.49. The molecule has 2 aromatic heterocycles. The van der Waals surface area contributed by atoms with Crippen LogP contribution in [0.25, 0.3) is 0 Å². The van der Waals surface area contributed by atoms with Gasteiger partial charge in [-0.15, -0.1) is 23.7 Å². The highest BCUT2D eigenvalue weighted by molar-refractivity contribution is 7.09. The van der Waals surface area contributed by atoms with Crippen LogP contribution in [-0.2, 0) is 6.42 Å². The fraction of sp³-hybridized carbons (Fsp3) is 0.571. The van der Waals surface area contributed by atoms with Crippen molar-refractivity contribution >= 4 is 23.7 Å². The average molecular weight is 312 g/mol. The highest BCUT2D eigenvalue weighted by atomic mass is 35.5. The maximum atomic E-state index is 5.49. The summed E-state index contributed by atoms with van der Waals surface area (Å²) in [5.41, 5.74) is 0.470. The summed E-state index contributed by atoms with van der Waals surface area (Å²) in [6.07, 6.45) is 4.53. The van der Waals surface area contributed by atoms with Gasteiger partial charge in [0, 0.05) is 17.2 Å². The van der Waals surface area contributed by atoms with Gasteiger partial charge >= 0.3 is 0 Å². The van der Waals surface area contributed by atoms with Gasteiger partial charge in [0.25, 0.3) is 0 Å². The third kappa shape index (κ3) is 2.50. The first-order valence-corrected chi connectivity index (χ1v) is 7.79. The smallest absolute Gasteiger partial charge is 0.230 e. The molecule has 0 amide bonds. The van der Waals surface area contributed by atoms with E-state index < -0.39 is 0 Å². The van der Waals surface area contributed by atoms with Gasteiger partial charge in [0.05, 0.1) is 0 Å². The molecule has 0 bridgehead atoms. The second kappa shape index (κ2) is 5.47. The van der Waals surface area contributed by atoms with E-state index in [9.17, 15) is 0 Å². The van der Waals surface area contributed by atoms with Crippen molar-refractivity contribution in [3.63, 3.8) is 0 Å². The quantitative estimate of drug-likeness (QED) is 0.946. The van der Waals surface area contributed by atoms with Gasteiger partial charge in [0.2, 0.25) is 5.89 Å². The first kappa shape index (κ1) is 14.0. The van der Waals surface area contributed by atoms with E-state index in [1.54, 1.807) is 11.3 Å². The predicted molar refractivity (Wildman–Crippen MR) is 80.6 cm³/mol. The number of nitrogens with zero attached hydrogens (tertiary/aromatic N) is 2. The van der Waals surface area contributed by atoms with Gasteiger partial charge in [-0.25, -0.2) is 0 Å². The predicted octanol–water partition coefficient (Wildman–Crippen LogP) is 3.00. The largest absolute Gasteiger partial charge is 0.339 e. The van der Waals surface area contributed by atoms with E-state index >= 15 is 0 Å². The Morgan fingerprint density at radius 1 is 1.40 bits per heavy atom. The van der Waals surface area contributed by atoms with E-state index in [0.717, 1.165) is 31.2 Å². The summed E-state index contributed by atoms with van der Waals surface area (Å²) in [5, 5.41) is 9.64. The molecule has 1 saturated carbocycles. The molecule has 1 N–H and O–H groups in total. The van der Waals surface area contributed by atoms with Crippen LogP contribution in [0.4, 0.5) is 0 Å². The Kier molecular flexibility index (Phi) is 3.84. The van der Waals surface area contributed by atoms with Gasteiger partial charge in [-0.3, -0.25) is 0 Å². The number of halogens is 1. The molecule has 108 valence electrons. The van der Waals surface area contributed by atoms with E-state index in [-0.39, 0.29) is 12.4 Å². The van der Waals surface area contributed by atoms with Crippen molar-refractivity contribution in [3.8, 4) is 0 Å². The summed E-state index contributed by atoms with van der Waals surface area (Å²) in [4.78, 5) is 5.90. The van der Waals surface area contributed by atoms with Gasteiger partial charge in [0.15, 0.2) is 5.82 Å². The summed E-state index contributed by atoms with van der Waals surface area (Å²) in [6.45, 7) is 2.26. The van der Waals surface area contributed by atoms with Crippen molar-refractivity contribution in [2.45, 2.75) is 31.6 Å². The Bertz CT molecular complexity index is 563. The molecular weight excluding hydrogens is 294 g/mol. The monoisotopic (exact) mass is 311 g/mol. The number of thiophene rings is 1. The highest BCUT2D eigenvalue weighted by Crippen LogP contribution is 2.63. The molecule has 1 aliphatic heterocycles. The van der Waals surface area contributed by atoms with E-state index in [4.69, 9.17) is 4.52 Å². The average Bonchev–Trinajstić information content (AvgIpc) is 2.88. The Balaban J connectivity index is 0.00000121. The van der Waals surface area contributed by atoms with Crippen LogP contribution < -0.4 is 5.32 Å². The van der Waals surface area contributed by atoms with Gasteiger partial charge in [-0.1, -0.05) is 11.2 Å². The number of rotatable bonds is 3. The van der Waals surface area contributed by atoms with E-state index in [0.29, 0.717) is 11.3 Å². The number of hydrogen-bond donors (Lipinski definition) is 1. The molecule has 2 fully saturated rings. The molecule has 0 aromatic carbocycles. The zero-order valence-electron chi connectivity index (χ0n) is 11.2. The highest BCUT2D eigenvalue weighted by Gasteiger charge is 2.57. The van der Waals surface area contributed by atoms with Gasteiger partial charge < -0.3 is 9.84 Å². The number of piperidine rings is 1. The Hall–Kier alpha value is -0.910. The van der Waals surface area contributed by atoms with Crippen LogP contribution in [0.3, 0.4) is 0 Å². The number of nitrogens with one attached hydrogen (secondary N) is 1. The summed E-state index contributed by atoms with van der Waals surface area (Å²) < 4.78 is 5.49. The Labute approximate surface area is 128 Å². The van der Waals surface area contributed by atoms with Gasteiger partial charge in [-0.2, -0.15) is 4.98 Å². The normalized spacial score (nSPS) is 23.5. The Morgan fingerprint density at radius 2 is 2.25 bits per heavy atom. The molecule has 1 aliphatic carbocycles. The first-order valence-electron chi connectivity index (χ1n) is 6.91. The van der Waals surface area contributed by atoms with E-state index in [2.05, 4.69) is 33.0 Å². The molecule has 1 unspecified atom stereocenters. The number of hydrogen-bond acceptors (Lipinski definition) is 5. The van der Waals surface area contributed by atoms with Crippen molar-refractivity contribution < 1.29 is 4.52 Å². The molecule has 6 heteroatoms. The lowest BCUT2D eigenvalue weighted by Crippen LogP contribution is -2.29. The van der Waals surface area contributed by atoms with Crippen LogP contribution in [-0.4, -0.2) is 23.2 Å². The summed E-state index contributed by atoms with van der Waals surface area (Å²) >= 11 is 1.74. The lowest BCUT2D eigenvalue weighted by Gasteiger charge is -2.22.